The van der Waals surface area contributed by atoms with E-state index in [-0.39, 0.29) is 5.91 Å². The SMILES string of the molecule is Cc1ccc(-c2cc(C(=O)N(C)CC[C@@H](O)c3ccccc3)n[nH]2)o1. The number of nitrogens with zero attached hydrogens (tertiary/aromatic N) is 2. The van der Waals surface area contributed by atoms with Crippen LogP contribution in [0.2, 0.25) is 0 Å². The molecule has 0 aliphatic carbocycles. The Bertz CT molecular complexity index is 838. The molecule has 1 aromatic carbocycles. The van der Waals surface area contributed by atoms with Gasteiger partial charge < -0.3 is 14.4 Å². The molecule has 0 saturated heterocycles. The van der Waals surface area contributed by atoms with Crippen LogP contribution in [0.3, 0.4) is 0 Å². The quantitative estimate of drug-likeness (QED) is 0.722. The molecule has 130 valence electrons. The highest BCUT2D eigenvalue weighted by molar-refractivity contribution is 5.93. The number of hydrogen-bond acceptors (Lipinski definition) is 4. The van der Waals surface area contributed by atoms with Gasteiger partial charge in [0.15, 0.2) is 11.5 Å². The van der Waals surface area contributed by atoms with Crippen LogP contribution in [-0.2, 0) is 0 Å². The monoisotopic (exact) mass is 339 g/mol. The molecule has 3 aromatic rings. The second-order valence-corrected chi connectivity index (χ2v) is 6.02. The van der Waals surface area contributed by atoms with Crippen LogP contribution in [0.25, 0.3) is 11.5 Å². The lowest BCUT2D eigenvalue weighted by molar-refractivity contribution is 0.0755. The lowest BCUT2D eigenvalue weighted by Crippen LogP contribution is -2.29. The van der Waals surface area contributed by atoms with E-state index in [2.05, 4.69) is 10.2 Å². The number of amides is 1. The number of carbonyl (C=O) groups is 1. The largest absolute Gasteiger partial charge is 0.460 e. The van der Waals surface area contributed by atoms with Gasteiger partial charge in [-0.3, -0.25) is 9.89 Å². The van der Waals surface area contributed by atoms with E-state index in [4.69, 9.17) is 4.42 Å². The summed E-state index contributed by atoms with van der Waals surface area (Å²) < 4.78 is 5.52. The Labute approximate surface area is 146 Å². The number of aryl methyl sites for hydroxylation is 1. The molecule has 3 rings (SSSR count). The van der Waals surface area contributed by atoms with Gasteiger partial charge in [-0.15, -0.1) is 0 Å². The molecule has 0 bridgehead atoms. The van der Waals surface area contributed by atoms with Gasteiger partial charge in [0.05, 0.1) is 6.10 Å². The third kappa shape index (κ3) is 3.97. The molecule has 0 radical (unpaired) electrons. The minimum atomic E-state index is -0.600. The number of carbonyl (C=O) groups excluding carboxylic acids is 1. The van der Waals surface area contributed by atoms with Gasteiger partial charge >= 0.3 is 0 Å². The Balaban J connectivity index is 1.60. The Morgan fingerprint density at radius 1 is 1.28 bits per heavy atom. The van der Waals surface area contributed by atoms with Crippen molar-refractivity contribution in [3.05, 3.63) is 65.5 Å². The van der Waals surface area contributed by atoms with Gasteiger partial charge in [-0.1, -0.05) is 30.3 Å². The maximum atomic E-state index is 12.5. The minimum absolute atomic E-state index is 0.203. The number of rotatable bonds is 6. The summed E-state index contributed by atoms with van der Waals surface area (Å²) in [7, 11) is 1.70. The van der Waals surface area contributed by atoms with E-state index in [1.165, 1.54) is 0 Å². The second kappa shape index (κ2) is 7.36. The number of H-pyrrole nitrogens is 1. The maximum Gasteiger partial charge on any atom is 0.274 e. The fourth-order valence-corrected chi connectivity index (χ4v) is 2.59. The van der Waals surface area contributed by atoms with Crippen molar-refractivity contribution in [2.45, 2.75) is 19.4 Å². The number of nitrogens with one attached hydrogen (secondary N) is 1. The number of furan rings is 1. The van der Waals surface area contributed by atoms with Crippen molar-refractivity contribution in [2.75, 3.05) is 13.6 Å². The first-order chi connectivity index (χ1) is 12.0. The Morgan fingerprint density at radius 3 is 2.72 bits per heavy atom. The molecule has 2 N–H and O–H groups in total. The van der Waals surface area contributed by atoms with Crippen LogP contribution in [0.15, 0.2) is 52.9 Å². The molecular weight excluding hydrogens is 318 g/mol. The molecule has 2 aromatic heterocycles. The van der Waals surface area contributed by atoms with Gasteiger partial charge in [-0.05, 0) is 31.0 Å². The first kappa shape index (κ1) is 17.0. The standard InChI is InChI=1S/C19H21N3O3/c1-13-8-9-18(25-13)15-12-16(21-20-15)19(24)22(2)11-10-17(23)14-6-4-3-5-7-14/h3-9,12,17,23H,10-11H2,1-2H3,(H,20,21)/t17-/m1/s1. The summed E-state index contributed by atoms with van der Waals surface area (Å²) in [6.07, 6.45) is -0.140. The van der Waals surface area contributed by atoms with Crippen molar-refractivity contribution in [2.24, 2.45) is 0 Å². The highest BCUT2D eigenvalue weighted by Crippen LogP contribution is 2.21. The van der Waals surface area contributed by atoms with Gasteiger partial charge in [0.1, 0.15) is 11.5 Å². The summed E-state index contributed by atoms with van der Waals surface area (Å²) in [6, 6.07) is 14.8. The normalized spacial score (nSPS) is 12.1. The number of aromatic nitrogens is 2. The lowest BCUT2D eigenvalue weighted by atomic mass is 10.1. The molecule has 1 atom stereocenters. The van der Waals surface area contributed by atoms with Gasteiger partial charge in [0.25, 0.3) is 5.91 Å². The Hall–Kier alpha value is -2.86. The van der Waals surface area contributed by atoms with Gasteiger partial charge in [-0.25, -0.2) is 0 Å². The maximum absolute atomic E-state index is 12.5. The van der Waals surface area contributed by atoms with Crippen LogP contribution < -0.4 is 0 Å². The first-order valence-corrected chi connectivity index (χ1v) is 8.15. The molecule has 0 unspecified atom stereocenters. The summed E-state index contributed by atoms with van der Waals surface area (Å²) >= 11 is 0. The molecular formula is C19H21N3O3. The van der Waals surface area contributed by atoms with E-state index >= 15 is 0 Å². The van der Waals surface area contributed by atoms with E-state index in [0.717, 1.165) is 11.3 Å². The van der Waals surface area contributed by atoms with Crippen LogP contribution in [-0.4, -0.2) is 39.7 Å². The summed E-state index contributed by atoms with van der Waals surface area (Å²) in [5.41, 5.74) is 1.83. The topological polar surface area (TPSA) is 82.4 Å². The van der Waals surface area contributed by atoms with E-state index in [1.807, 2.05) is 49.4 Å². The third-order valence-electron chi connectivity index (χ3n) is 4.07. The van der Waals surface area contributed by atoms with Crippen molar-refractivity contribution in [3.63, 3.8) is 0 Å². The average Bonchev–Trinajstić information content (AvgIpc) is 3.28. The van der Waals surface area contributed by atoms with Crippen LogP contribution in [0, 0.1) is 6.92 Å². The number of aliphatic hydroxyl groups excluding tert-OH is 1. The van der Waals surface area contributed by atoms with Crippen LogP contribution in [0.4, 0.5) is 0 Å². The predicted octanol–water partition coefficient (Wildman–Crippen LogP) is 3.17. The van der Waals surface area contributed by atoms with E-state index < -0.39 is 6.10 Å². The molecule has 0 spiro atoms. The summed E-state index contributed by atoms with van der Waals surface area (Å²) in [6.45, 7) is 2.29. The van der Waals surface area contributed by atoms with Gasteiger partial charge in [-0.2, -0.15) is 5.10 Å². The molecule has 2 heterocycles. The van der Waals surface area contributed by atoms with Gasteiger partial charge in [0.2, 0.25) is 0 Å². The molecule has 6 nitrogen and oxygen atoms in total. The van der Waals surface area contributed by atoms with Crippen molar-refractivity contribution >= 4 is 5.91 Å². The van der Waals surface area contributed by atoms with Crippen LogP contribution >= 0.6 is 0 Å². The van der Waals surface area contributed by atoms with Crippen LogP contribution in [0.5, 0.6) is 0 Å². The number of hydrogen-bond donors (Lipinski definition) is 2. The minimum Gasteiger partial charge on any atom is -0.460 e. The molecule has 0 fully saturated rings. The fourth-order valence-electron chi connectivity index (χ4n) is 2.59. The van der Waals surface area contributed by atoms with Crippen molar-refractivity contribution in [1.29, 1.82) is 0 Å². The zero-order chi connectivity index (χ0) is 17.8. The van der Waals surface area contributed by atoms with E-state index in [0.29, 0.717) is 30.1 Å². The number of benzene rings is 1. The van der Waals surface area contributed by atoms with Gasteiger partial charge in [0, 0.05) is 19.7 Å². The highest BCUT2D eigenvalue weighted by Gasteiger charge is 2.18. The van der Waals surface area contributed by atoms with Crippen molar-refractivity contribution in [1.82, 2.24) is 15.1 Å². The molecule has 6 heteroatoms. The molecule has 1 amide bonds. The van der Waals surface area contributed by atoms with Crippen LogP contribution in [0.1, 0.15) is 34.3 Å². The van der Waals surface area contributed by atoms with Crippen molar-refractivity contribution < 1.29 is 14.3 Å². The highest BCUT2D eigenvalue weighted by atomic mass is 16.3. The summed E-state index contributed by atoms with van der Waals surface area (Å²) in [4.78, 5) is 14.0. The zero-order valence-corrected chi connectivity index (χ0v) is 14.3. The lowest BCUT2D eigenvalue weighted by Gasteiger charge is -2.18. The Kier molecular flexibility index (Phi) is 5.00. The third-order valence-corrected chi connectivity index (χ3v) is 4.07. The zero-order valence-electron chi connectivity index (χ0n) is 14.3. The summed E-state index contributed by atoms with van der Waals surface area (Å²) in [5, 5.41) is 17.1. The molecule has 25 heavy (non-hydrogen) atoms. The van der Waals surface area contributed by atoms with Crippen molar-refractivity contribution in [3.8, 4) is 11.5 Å². The Morgan fingerprint density at radius 2 is 2.04 bits per heavy atom. The number of aromatic amines is 1. The molecule has 0 aliphatic heterocycles. The summed E-state index contributed by atoms with van der Waals surface area (Å²) in [5.74, 6) is 1.24. The first-order valence-electron chi connectivity index (χ1n) is 8.15. The fraction of sp³-hybridized carbons (Fsp3) is 0.263. The molecule has 0 aliphatic rings. The average molecular weight is 339 g/mol. The van der Waals surface area contributed by atoms with E-state index in [9.17, 15) is 9.90 Å². The molecule has 0 saturated carbocycles. The predicted molar refractivity (Wildman–Crippen MR) is 94.0 cm³/mol. The van der Waals surface area contributed by atoms with E-state index in [1.54, 1.807) is 18.0 Å². The smallest absolute Gasteiger partial charge is 0.274 e. The number of aliphatic hydroxyl groups is 1. The second-order valence-electron chi connectivity index (χ2n) is 6.02.